The number of thioether (sulfide) groups is 1. The molecule has 0 saturated carbocycles. The summed E-state index contributed by atoms with van der Waals surface area (Å²) in [5.74, 6) is -0.0224. The molecule has 0 spiro atoms. The van der Waals surface area contributed by atoms with Crippen LogP contribution in [0.2, 0.25) is 0 Å². The summed E-state index contributed by atoms with van der Waals surface area (Å²) in [4.78, 5) is 3.94. The predicted octanol–water partition coefficient (Wildman–Crippen LogP) is 1.41. The summed E-state index contributed by atoms with van der Waals surface area (Å²) in [6, 6.07) is 0. The number of aliphatic hydroxyl groups is 2. The number of hydrogen-bond acceptors (Lipinski definition) is 5. The number of aliphatic hydroxyl groups excluding tert-OH is 2. The van der Waals surface area contributed by atoms with Crippen LogP contribution in [0, 0.1) is 0 Å². The lowest BCUT2D eigenvalue weighted by atomic mass is 10.4. The van der Waals surface area contributed by atoms with Crippen LogP contribution in [0.5, 0.6) is 0 Å². The van der Waals surface area contributed by atoms with Gasteiger partial charge < -0.3 is 14.9 Å². The molecule has 0 saturated heterocycles. The zero-order valence-electron chi connectivity index (χ0n) is 6.07. The van der Waals surface area contributed by atoms with Crippen molar-refractivity contribution in [3.8, 4) is 0 Å². The van der Waals surface area contributed by atoms with Gasteiger partial charge in [0.1, 0.15) is 5.76 Å². The van der Waals surface area contributed by atoms with E-state index in [1.807, 2.05) is 0 Å². The largest absolute Gasteiger partial charge is 0.508 e. The normalized spacial score (nSPS) is 19.2. The molecule has 0 radical (unpaired) electrons. The first-order chi connectivity index (χ1) is 5.24. The smallest absolute Gasteiger partial charge is 0.253 e. The lowest BCUT2D eigenvalue weighted by molar-refractivity contribution is 0.338. The van der Waals surface area contributed by atoms with Crippen molar-refractivity contribution in [2.45, 2.75) is 6.42 Å². The van der Waals surface area contributed by atoms with Crippen molar-refractivity contribution in [1.82, 2.24) is 0 Å². The first kappa shape index (κ1) is 8.26. The van der Waals surface area contributed by atoms with E-state index in [4.69, 9.17) is 14.9 Å². The lowest BCUT2D eigenvalue weighted by Crippen LogP contribution is -1.94. The summed E-state index contributed by atoms with van der Waals surface area (Å²) >= 11 is 0.928. The minimum Gasteiger partial charge on any atom is -0.508 e. The molecule has 0 bridgehead atoms. The summed E-state index contributed by atoms with van der Waals surface area (Å²) in [7, 11) is 1.47. The first-order valence-corrected chi connectivity index (χ1v) is 3.93. The average molecular weight is 175 g/mol. The van der Waals surface area contributed by atoms with Gasteiger partial charge in [-0.15, -0.1) is 0 Å². The number of ether oxygens (including phenoxy) is 1. The van der Waals surface area contributed by atoms with E-state index in [-0.39, 0.29) is 10.9 Å². The fourth-order valence-electron chi connectivity index (χ4n) is 0.640. The summed E-state index contributed by atoms with van der Waals surface area (Å²) < 4.78 is 4.80. The Balaban J connectivity index is 2.71. The Bertz CT molecular complexity index is 212. The van der Waals surface area contributed by atoms with Crippen LogP contribution in [0.15, 0.2) is 15.8 Å². The monoisotopic (exact) mass is 175 g/mol. The van der Waals surface area contributed by atoms with Crippen LogP contribution >= 0.6 is 11.8 Å². The Morgan fingerprint density at radius 3 is 2.91 bits per heavy atom. The molecule has 0 aromatic carbocycles. The van der Waals surface area contributed by atoms with Crippen molar-refractivity contribution in [2.24, 2.45) is 4.99 Å². The number of nitrogens with zero attached hydrogens (tertiary/aromatic N) is 1. The molecule has 0 fully saturated rings. The van der Waals surface area contributed by atoms with Crippen LogP contribution in [0.1, 0.15) is 6.42 Å². The maximum absolute atomic E-state index is 9.09. The van der Waals surface area contributed by atoms with Gasteiger partial charge in [0.25, 0.3) is 5.23 Å². The van der Waals surface area contributed by atoms with Gasteiger partial charge in [0.05, 0.1) is 13.7 Å². The molecule has 5 heteroatoms. The topological polar surface area (TPSA) is 62.0 Å². The molecule has 1 aliphatic rings. The van der Waals surface area contributed by atoms with E-state index in [9.17, 15) is 0 Å². The average Bonchev–Trinajstić information content (AvgIpc) is 2.15. The summed E-state index contributed by atoms with van der Waals surface area (Å²) in [5, 5.41) is 18.4. The molecule has 0 aromatic heterocycles. The van der Waals surface area contributed by atoms with Gasteiger partial charge in [-0.1, -0.05) is 0 Å². The quantitative estimate of drug-likeness (QED) is 0.584. The minimum absolute atomic E-state index is 0.0224. The molecule has 0 aliphatic carbocycles. The maximum atomic E-state index is 9.09. The Morgan fingerprint density at radius 1 is 1.55 bits per heavy atom. The van der Waals surface area contributed by atoms with Crippen molar-refractivity contribution >= 4 is 17.0 Å². The highest BCUT2D eigenvalue weighted by molar-refractivity contribution is 8.16. The second-order valence-electron chi connectivity index (χ2n) is 1.96. The van der Waals surface area contributed by atoms with Gasteiger partial charge >= 0.3 is 0 Å². The van der Waals surface area contributed by atoms with Crippen LogP contribution in [-0.4, -0.2) is 29.1 Å². The van der Waals surface area contributed by atoms with Crippen LogP contribution in [-0.2, 0) is 4.74 Å². The van der Waals surface area contributed by atoms with E-state index in [1.165, 1.54) is 7.11 Å². The molecule has 1 rings (SSSR count). The van der Waals surface area contributed by atoms with Gasteiger partial charge in [0.15, 0.2) is 5.09 Å². The van der Waals surface area contributed by atoms with Crippen LogP contribution in [0.3, 0.4) is 0 Å². The third kappa shape index (κ3) is 2.04. The molecular formula is C6H9NO3S. The van der Waals surface area contributed by atoms with E-state index in [2.05, 4.69) is 4.99 Å². The molecule has 62 valence electrons. The maximum Gasteiger partial charge on any atom is 0.253 e. The van der Waals surface area contributed by atoms with Gasteiger partial charge in [0.2, 0.25) is 0 Å². The zero-order valence-corrected chi connectivity index (χ0v) is 6.89. The summed E-state index contributed by atoms with van der Waals surface area (Å²) in [5.41, 5.74) is 0. The van der Waals surface area contributed by atoms with Crippen molar-refractivity contribution < 1.29 is 14.9 Å². The van der Waals surface area contributed by atoms with Gasteiger partial charge in [-0.25, -0.2) is 4.99 Å². The van der Waals surface area contributed by atoms with E-state index in [1.54, 1.807) is 0 Å². The van der Waals surface area contributed by atoms with Gasteiger partial charge in [0, 0.05) is 18.2 Å². The highest BCUT2D eigenvalue weighted by Crippen LogP contribution is 2.22. The molecule has 4 nitrogen and oxygen atoms in total. The van der Waals surface area contributed by atoms with Gasteiger partial charge in [-0.05, 0) is 0 Å². The van der Waals surface area contributed by atoms with E-state index in [0.29, 0.717) is 18.2 Å². The van der Waals surface area contributed by atoms with Crippen molar-refractivity contribution in [2.75, 3.05) is 13.7 Å². The predicted molar refractivity (Wildman–Crippen MR) is 43.8 cm³/mol. The third-order valence-corrected chi connectivity index (χ3v) is 2.09. The van der Waals surface area contributed by atoms with Crippen LogP contribution in [0.4, 0.5) is 0 Å². The summed E-state index contributed by atoms with van der Waals surface area (Å²) in [6.45, 7) is 0.450. The number of rotatable bonds is 0. The van der Waals surface area contributed by atoms with Gasteiger partial charge in [-0.3, -0.25) is 0 Å². The molecule has 2 N–H and O–H groups in total. The number of hydrogen-bond donors (Lipinski definition) is 2. The first-order valence-electron chi connectivity index (χ1n) is 3.11. The van der Waals surface area contributed by atoms with Crippen LogP contribution in [0.25, 0.3) is 0 Å². The van der Waals surface area contributed by atoms with Crippen LogP contribution < -0.4 is 0 Å². The zero-order chi connectivity index (χ0) is 8.27. The molecule has 0 unspecified atom stereocenters. The molecule has 1 heterocycles. The SMILES string of the molecule is COC1=NCCC(O)=C(O)S1. The second-order valence-corrected chi connectivity index (χ2v) is 2.90. The minimum atomic E-state index is -0.122. The lowest BCUT2D eigenvalue weighted by Gasteiger charge is -1.99. The molecular weight excluding hydrogens is 166 g/mol. The van der Waals surface area contributed by atoms with Gasteiger partial charge in [-0.2, -0.15) is 0 Å². The van der Waals surface area contributed by atoms with E-state index >= 15 is 0 Å². The Kier molecular flexibility index (Phi) is 2.64. The number of methoxy groups -OCH3 is 1. The Hall–Kier alpha value is -0.840. The van der Waals surface area contributed by atoms with E-state index < -0.39 is 0 Å². The number of aliphatic imine (C=N–C) groups is 1. The van der Waals surface area contributed by atoms with Crippen molar-refractivity contribution in [3.05, 3.63) is 10.9 Å². The molecule has 0 atom stereocenters. The molecule has 0 amide bonds. The highest BCUT2D eigenvalue weighted by Gasteiger charge is 2.13. The fourth-order valence-corrected chi connectivity index (χ4v) is 1.26. The summed E-state index contributed by atoms with van der Waals surface area (Å²) in [6.07, 6.45) is 0.367. The molecule has 1 aliphatic heterocycles. The van der Waals surface area contributed by atoms with Crippen molar-refractivity contribution in [1.29, 1.82) is 0 Å². The highest BCUT2D eigenvalue weighted by atomic mass is 32.2. The van der Waals surface area contributed by atoms with Crippen molar-refractivity contribution in [3.63, 3.8) is 0 Å². The molecule has 0 aromatic rings. The second kappa shape index (κ2) is 3.52. The third-order valence-electron chi connectivity index (χ3n) is 1.19. The van der Waals surface area contributed by atoms with E-state index in [0.717, 1.165) is 11.8 Å². The Labute approximate surface area is 68.6 Å². The molecule has 11 heavy (non-hydrogen) atoms. The standard InChI is InChI=1S/C6H9NO3S/c1-10-6-7-3-2-4(8)5(9)11-6/h8-9H,2-3H2,1H3. The Morgan fingerprint density at radius 2 is 2.27 bits per heavy atom. The fraction of sp³-hybridized carbons (Fsp3) is 0.500.